The Morgan fingerprint density at radius 3 is 2.58 bits per heavy atom. The lowest BCUT2D eigenvalue weighted by Gasteiger charge is -2.33. The van der Waals surface area contributed by atoms with Gasteiger partial charge in [0.15, 0.2) is 0 Å². The average molecular weight is 326 g/mol. The standard InChI is InChI=1S/C15H20BrNO2/c1-10-3-4-13(9-14(10)18)15(19)17-7-5-12(6-8-17)11(2)16/h3-4,9,11-12,18H,5-8H2,1-2H3. The molecular formula is C15H20BrNO2. The summed E-state index contributed by atoms with van der Waals surface area (Å²) in [7, 11) is 0. The first kappa shape index (κ1) is 14.4. The minimum absolute atomic E-state index is 0.0241. The van der Waals surface area contributed by atoms with E-state index in [4.69, 9.17) is 0 Å². The predicted octanol–water partition coefficient (Wildman–Crippen LogP) is 3.34. The normalized spacial score (nSPS) is 18.4. The van der Waals surface area contributed by atoms with Gasteiger partial charge in [0.25, 0.3) is 5.91 Å². The maximum absolute atomic E-state index is 12.3. The van der Waals surface area contributed by atoms with Crippen molar-refractivity contribution >= 4 is 21.8 Å². The highest BCUT2D eigenvalue weighted by molar-refractivity contribution is 9.09. The molecule has 1 N–H and O–H groups in total. The zero-order chi connectivity index (χ0) is 14.0. The van der Waals surface area contributed by atoms with Gasteiger partial charge in [0, 0.05) is 23.5 Å². The van der Waals surface area contributed by atoms with E-state index >= 15 is 0 Å². The Morgan fingerprint density at radius 1 is 1.42 bits per heavy atom. The first-order chi connectivity index (χ1) is 8.99. The smallest absolute Gasteiger partial charge is 0.253 e. The number of phenols is 1. The van der Waals surface area contributed by atoms with Gasteiger partial charge in [0.1, 0.15) is 5.75 Å². The molecule has 2 rings (SSSR count). The number of phenolic OH excluding ortho intramolecular Hbond substituents is 1. The van der Waals surface area contributed by atoms with Crippen molar-refractivity contribution in [1.29, 1.82) is 0 Å². The lowest BCUT2D eigenvalue weighted by atomic mass is 9.94. The van der Waals surface area contributed by atoms with Crippen molar-refractivity contribution in [2.75, 3.05) is 13.1 Å². The number of nitrogens with zero attached hydrogens (tertiary/aromatic N) is 1. The van der Waals surface area contributed by atoms with Crippen molar-refractivity contribution in [3.63, 3.8) is 0 Å². The number of aryl methyl sites for hydroxylation is 1. The van der Waals surface area contributed by atoms with Crippen LogP contribution in [0.5, 0.6) is 5.75 Å². The highest BCUT2D eigenvalue weighted by Gasteiger charge is 2.25. The largest absolute Gasteiger partial charge is 0.508 e. The number of carbonyl (C=O) groups is 1. The highest BCUT2D eigenvalue weighted by Crippen LogP contribution is 2.26. The summed E-state index contributed by atoms with van der Waals surface area (Å²) in [5, 5.41) is 9.69. The van der Waals surface area contributed by atoms with E-state index in [-0.39, 0.29) is 11.7 Å². The Kier molecular flexibility index (Phi) is 4.50. The molecule has 0 spiro atoms. The molecule has 1 heterocycles. The Labute approximate surface area is 122 Å². The third-order valence-corrected chi connectivity index (χ3v) is 4.68. The van der Waals surface area contributed by atoms with E-state index in [0.29, 0.717) is 16.3 Å². The van der Waals surface area contributed by atoms with Crippen molar-refractivity contribution in [1.82, 2.24) is 4.90 Å². The van der Waals surface area contributed by atoms with Gasteiger partial charge in [-0.15, -0.1) is 0 Å². The van der Waals surface area contributed by atoms with Crippen LogP contribution in [-0.4, -0.2) is 33.8 Å². The van der Waals surface area contributed by atoms with Crippen LogP contribution in [0.2, 0.25) is 0 Å². The molecule has 1 unspecified atom stereocenters. The number of rotatable bonds is 2. The zero-order valence-electron chi connectivity index (χ0n) is 11.4. The van der Waals surface area contributed by atoms with Crippen molar-refractivity contribution in [2.24, 2.45) is 5.92 Å². The summed E-state index contributed by atoms with van der Waals surface area (Å²) in [6.45, 7) is 5.59. The van der Waals surface area contributed by atoms with E-state index in [9.17, 15) is 9.90 Å². The number of halogens is 1. The van der Waals surface area contributed by atoms with E-state index in [2.05, 4.69) is 22.9 Å². The Balaban J connectivity index is 2.03. The van der Waals surface area contributed by atoms with Crippen LogP contribution in [0.3, 0.4) is 0 Å². The van der Waals surface area contributed by atoms with Gasteiger partial charge < -0.3 is 10.0 Å². The van der Waals surface area contributed by atoms with Crippen LogP contribution in [0, 0.1) is 12.8 Å². The third-order valence-electron chi connectivity index (χ3n) is 3.93. The lowest BCUT2D eigenvalue weighted by molar-refractivity contribution is 0.0691. The number of hydrogen-bond donors (Lipinski definition) is 1. The Morgan fingerprint density at radius 2 is 2.05 bits per heavy atom. The molecule has 4 heteroatoms. The predicted molar refractivity (Wildman–Crippen MR) is 79.9 cm³/mol. The van der Waals surface area contributed by atoms with Gasteiger partial charge >= 0.3 is 0 Å². The second-order valence-electron chi connectivity index (χ2n) is 5.31. The lowest BCUT2D eigenvalue weighted by Crippen LogP contribution is -2.39. The first-order valence-corrected chi connectivity index (χ1v) is 7.63. The van der Waals surface area contributed by atoms with E-state index in [1.54, 1.807) is 18.2 Å². The number of piperidine rings is 1. The van der Waals surface area contributed by atoms with Gasteiger partial charge in [0.2, 0.25) is 0 Å². The molecule has 3 nitrogen and oxygen atoms in total. The molecule has 1 fully saturated rings. The summed E-state index contributed by atoms with van der Waals surface area (Å²) in [6.07, 6.45) is 2.08. The van der Waals surface area contributed by atoms with E-state index in [0.717, 1.165) is 31.5 Å². The molecule has 1 atom stereocenters. The quantitative estimate of drug-likeness (QED) is 0.847. The molecule has 104 valence electrons. The fourth-order valence-corrected chi connectivity index (χ4v) is 3.02. The monoisotopic (exact) mass is 325 g/mol. The average Bonchev–Trinajstić information content (AvgIpc) is 2.41. The molecule has 0 aliphatic carbocycles. The van der Waals surface area contributed by atoms with Gasteiger partial charge in [-0.3, -0.25) is 4.79 Å². The van der Waals surface area contributed by atoms with Gasteiger partial charge in [-0.05, 0) is 43.4 Å². The van der Waals surface area contributed by atoms with Crippen molar-refractivity contribution in [3.8, 4) is 5.75 Å². The van der Waals surface area contributed by atoms with Crippen LogP contribution >= 0.6 is 15.9 Å². The maximum atomic E-state index is 12.3. The Hall–Kier alpha value is -1.03. The molecule has 0 saturated carbocycles. The van der Waals surface area contributed by atoms with E-state index in [1.165, 1.54) is 0 Å². The summed E-state index contributed by atoms with van der Waals surface area (Å²) in [5.41, 5.74) is 1.37. The van der Waals surface area contributed by atoms with Gasteiger partial charge in [0.05, 0.1) is 0 Å². The van der Waals surface area contributed by atoms with Crippen LogP contribution in [0.25, 0.3) is 0 Å². The Bertz CT molecular complexity index is 465. The summed E-state index contributed by atoms with van der Waals surface area (Å²) < 4.78 is 0. The molecule has 1 saturated heterocycles. The molecular weight excluding hydrogens is 306 g/mol. The first-order valence-electron chi connectivity index (χ1n) is 6.72. The zero-order valence-corrected chi connectivity index (χ0v) is 13.0. The minimum Gasteiger partial charge on any atom is -0.508 e. The number of aromatic hydroxyl groups is 1. The van der Waals surface area contributed by atoms with Gasteiger partial charge in [-0.25, -0.2) is 0 Å². The number of hydrogen-bond acceptors (Lipinski definition) is 2. The molecule has 1 aliphatic rings. The molecule has 1 aliphatic heterocycles. The number of amides is 1. The maximum Gasteiger partial charge on any atom is 0.253 e. The number of carbonyl (C=O) groups excluding carboxylic acids is 1. The van der Waals surface area contributed by atoms with Crippen molar-refractivity contribution in [3.05, 3.63) is 29.3 Å². The van der Waals surface area contributed by atoms with Crippen molar-refractivity contribution < 1.29 is 9.90 Å². The molecule has 0 radical (unpaired) electrons. The number of benzene rings is 1. The fourth-order valence-electron chi connectivity index (χ4n) is 2.49. The second-order valence-corrected chi connectivity index (χ2v) is 6.75. The van der Waals surface area contributed by atoms with Crippen LogP contribution in [0.4, 0.5) is 0 Å². The summed E-state index contributed by atoms with van der Waals surface area (Å²) in [5.74, 6) is 0.862. The van der Waals surface area contributed by atoms with Crippen LogP contribution in [0.1, 0.15) is 35.7 Å². The summed E-state index contributed by atoms with van der Waals surface area (Å²) in [6, 6.07) is 5.14. The molecule has 19 heavy (non-hydrogen) atoms. The highest BCUT2D eigenvalue weighted by atomic mass is 79.9. The topological polar surface area (TPSA) is 40.5 Å². The SMILES string of the molecule is Cc1ccc(C(=O)N2CCC(C(C)Br)CC2)cc1O. The number of alkyl halides is 1. The fraction of sp³-hybridized carbons (Fsp3) is 0.533. The molecule has 1 aromatic carbocycles. The van der Waals surface area contributed by atoms with Crippen LogP contribution in [0.15, 0.2) is 18.2 Å². The van der Waals surface area contributed by atoms with E-state index in [1.807, 2.05) is 11.8 Å². The summed E-state index contributed by atoms with van der Waals surface area (Å²) >= 11 is 3.62. The molecule has 1 amide bonds. The van der Waals surface area contributed by atoms with Gasteiger partial charge in [-0.1, -0.05) is 28.9 Å². The van der Waals surface area contributed by atoms with Crippen LogP contribution < -0.4 is 0 Å². The third kappa shape index (κ3) is 3.30. The van der Waals surface area contributed by atoms with Gasteiger partial charge in [-0.2, -0.15) is 0 Å². The molecule has 1 aromatic rings. The number of likely N-dealkylation sites (tertiary alicyclic amines) is 1. The summed E-state index contributed by atoms with van der Waals surface area (Å²) in [4.78, 5) is 14.7. The second kappa shape index (κ2) is 5.95. The minimum atomic E-state index is 0.0241. The van der Waals surface area contributed by atoms with Crippen LogP contribution in [-0.2, 0) is 0 Å². The molecule has 0 aromatic heterocycles. The van der Waals surface area contributed by atoms with Crippen molar-refractivity contribution in [2.45, 2.75) is 31.5 Å². The van der Waals surface area contributed by atoms with E-state index < -0.39 is 0 Å². The molecule has 0 bridgehead atoms.